The molecule has 2 N–H and O–H groups in total. The molecule has 2 unspecified atom stereocenters. The predicted molar refractivity (Wildman–Crippen MR) is 66.6 cm³/mol. The summed E-state index contributed by atoms with van der Waals surface area (Å²) >= 11 is 0. The Labute approximate surface area is 104 Å². The van der Waals surface area contributed by atoms with Gasteiger partial charge in [0.1, 0.15) is 6.10 Å². The minimum atomic E-state index is -0.393. The summed E-state index contributed by atoms with van der Waals surface area (Å²) in [7, 11) is 0. The smallest absolute Gasteiger partial charge is 0.249 e. The monoisotopic (exact) mass is 243 g/mol. The van der Waals surface area contributed by atoms with Crippen molar-refractivity contribution >= 4 is 5.91 Å². The number of aliphatic hydroxyl groups is 1. The minimum Gasteiger partial charge on any atom is -0.396 e. The average Bonchev–Trinajstić information content (AvgIpc) is 3.08. The van der Waals surface area contributed by atoms with E-state index in [-0.39, 0.29) is 18.6 Å². The Morgan fingerprint density at radius 2 is 2.06 bits per heavy atom. The number of ether oxygens (including phenoxy) is 1. The Kier molecular flexibility index (Phi) is 5.92. The van der Waals surface area contributed by atoms with Crippen molar-refractivity contribution < 1.29 is 14.6 Å². The number of aliphatic hydroxyl groups excluding tert-OH is 1. The van der Waals surface area contributed by atoms with Gasteiger partial charge in [-0.05, 0) is 38.0 Å². The lowest BCUT2D eigenvalue weighted by atomic mass is 10.0. The maximum absolute atomic E-state index is 11.8. The Hall–Kier alpha value is -0.610. The lowest BCUT2D eigenvalue weighted by Gasteiger charge is -2.23. The summed E-state index contributed by atoms with van der Waals surface area (Å²) in [4.78, 5) is 11.8. The highest BCUT2D eigenvalue weighted by molar-refractivity contribution is 5.80. The first-order valence-electron chi connectivity index (χ1n) is 6.57. The maximum Gasteiger partial charge on any atom is 0.249 e. The van der Waals surface area contributed by atoms with E-state index >= 15 is 0 Å². The number of nitrogens with one attached hydrogen (secondary N) is 1. The van der Waals surface area contributed by atoms with Crippen molar-refractivity contribution in [3.05, 3.63) is 0 Å². The summed E-state index contributed by atoms with van der Waals surface area (Å²) in [6.45, 7) is 6.65. The third kappa shape index (κ3) is 5.50. The second-order valence-corrected chi connectivity index (χ2v) is 5.29. The van der Waals surface area contributed by atoms with Gasteiger partial charge in [0.05, 0.1) is 6.61 Å². The fourth-order valence-corrected chi connectivity index (χ4v) is 1.65. The van der Waals surface area contributed by atoms with E-state index in [1.165, 1.54) is 12.8 Å². The third-order valence-corrected chi connectivity index (χ3v) is 3.22. The molecule has 17 heavy (non-hydrogen) atoms. The van der Waals surface area contributed by atoms with Crippen molar-refractivity contribution in [2.45, 2.75) is 52.2 Å². The molecule has 0 bridgehead atoms. The predicted octanol–water partition coefficient (Wildman–Crippen LogP) is 1.32. The molecule has 0 radical (unpaired) electrons. The van der Waals surface area contributed by atoms with Crippen LogP contribution in [0.4, 0.5) is 0 Å². The Bertz CT molecular complexity index is 239. The summed E-state index contributed by atoms with van der Waals surface area (Å²) in [6, 6.07) is 0.0273. The van der Waals surface area contributed by atoms with E-state index in [0.717, 1.165) is 0 Å². The molecule has 1 aliphatic rings. The lowest BCUT2D eigenvalue weighted by molar-refractivity contribution is -0.133. The molecule has 0 aliphatic heterocycles. The normalized spacial score (nSPS) is 19.1. The van der Waals surface area contributed by atoms with Crippen LogP contribution in [-0.2, 0) is 9.53 Å². The van der Waals surface area contributed by atoms with Gasteiger partial charge in [0.25, 0.3) is 0 Å². The van der Waals surface area contributed by atoms with Crippen LogP contribution >= 0.6 is 0 Å². The van der Waals surface area contributed by atoms with Gasteiger partial charge in [-0.2, -0.15) is 0 Å². The van der Waals surface area contributed by atoms with Gasteiger partial charge < -0.3 is 15.2 Å². The van der Waals surface area contributed by atoms with E-state index in [1.54, 1.807) is 6.92 Å². The van der Waals surface area contributed by atoms with Crippen LogP contribution in [-0.4, -0.2) is 36.4 Å². The van der Waals surface area contributed by atoms with Gasteiger partial charge in [-0.25, -0.2) is 0 Å². The lowest BCUT2D eigenvalue weighted by Crippen LogP contribution is -2.44. The number of amides is 1. The van der Waals surface area contributed by atoms with Crippen molar-refractivity contribution in [3.63, 3.8) is 0 Å². The summed E-state index contributed by atoms with van der Waals surface area (Å²) < 4.78 is 5.51. The first-order chi connectivity index (χ1) is 8.04. The zero-order chi connectivity index (χ0) is 12.8. The minimum absolute atomic E-state index is 0.0273. The van der Waals surface area contributed by atoms with Gasteiger partial charge >= 0.3 is 0 Å². The number of carbonyl (C=O) groups excluding carboxylic acids is 1. The van der Waals surface area contributed by atoms with Gasteiger partial charge in [0.15, 0.2) is 0 Å². The van der Waals surface area contributed by atoms with E-state index in [1.807, 2.05) is 13.8 Å². The fourth-order valence-electron chi connectivity index (χ4n) is 1.65. The van der Waals surface area contributed by atoms with Gasteiger partial charge in [0.2, 0.25) is 5.91 Å². The van der Waals surface area contributed by atoms with Crippen LogP contribution in [0.2, 0.25) is 0 Å². The molecule has 100 valence electrons. The summed E-state index contributed by atoms with van der Waals surface area (Å²) in [6.07, 6.45) is 2.66. The summed E-state index contributed by atoms with van der Waals surface area (Å²) in [5.74, 6) is 0.920. The van der Waals surface area contributed by atoms with Crippen molar-refractivity contribution in [1.29, 1.82) is 0 Å². The van der Waals surface area contributed by atoms with Crippen LogP contribution in [0.15, 0.2) is 0 Å². The van der Waals surface area contributed by atoms with Gasteiger partial charge in [-0.15, -0.1) is 0 Å². The van der Waals surface area contributed by atoms with Crippen molar-refractivity contribution in [1.82, 2.24) is 5.32 Å². The molecule has 0 aromatic carbocycles. The molecule has 0 aromatic rings. The summed E-state index contributed by atoms with van der Waals surface area (Å²) in [5.41, 5.74) is 0. The van der Waals surface area contributed by atoms with E-state index in [0.29, 0.717) is 24.9 Å². The third-order valence-electron chi connectivity index (χ3n) is 3.22. The van der Waals surface area contributed by atoms with Gasteiger partial charge in [0, 0.05) is 12.6 Å². The molecule has 4 nitrogen and oxygen atoms in total. The molecule has 1 saturated carbocycles. The average molecular weight is 243 g/mol. The molecule has 2 atom stereocenters. The van der Waals surface area contributed by atoms with Crippen molar-refractivity contribution in [3.8, 4) is 0 Å². The first-order valence-corrected chi connectivity index (χ1v) is 6.57. The molecule has 1 amide bonds. The first kappa shape index (κ1) is 14.5. The van der Waals surface area contributed by atoms with Crippen LogP contribution < -0.4 is 5.32 Å². The largest absolute Gasteiger partial charge is 0.396 e. The molecule has 0 spiro atoms. The highest BCUT2D eigenvalue weighted by atomic mass is 16.5. The zero-order valence-electron chi connectivity index (χ0n) is 11.1. The van der Waals surface area contributed by atoms with Crippen LogP contribution in [0, 0.1) is 11.8 Å². The van der Waals surface area contributed by atoms with Crippen LogP contribution in [0.5, 0.6) is 0 Å². The van der Waals surface area contributed by atoms with E-state index in [9.17, 15) is 4.79 Å². The molecule has 1 fully saturated rings. The molecule has 0 saturated heterocycles. The van der Waals surface area contributed by atoms with Crippen LogP contribution in [0.1, 0.15) is 40.0 Å². The van der Waals surface area contributed by atoms with Crippen molar-refractivity contribution in [2.24, 2.45) is 11.8 Å². The second-order valence-electron chi connectivity index (χ2n) is 5.29. The number of hydrogen-bond donors (Lipinski definition) is 2. The molecule has 1 rings (SSSR count). The van der Waals surface area contributed by atoms with Gasteiger partial charge in [-0.3, -0.25) is 4.79 Å². The van der Waals surface area contributed by atoms with E-state index in [2.05, 4.69) is 5.32 Å². The highest BCUT2D eigenvalue weighted by Crippen LogP contribution is 2.29. The standard InChI is InChI=1S/C13H25NO3/c1-9(2)12(6-7-15)14-13(16)10(3)17-8-11-4-5-11/h9-12,15H,4-8H2,1-3H3,(H,14,16). The topological polar surface area (TPSA) is 58.6 Å². The second kappa shape index (κ2) is 6.97. The zero-order valence-corrected chi connectivity index (χ0v) is 11.1. The van der Waals surface area contributed by atoms with Gasteiger partial charge in [-0.1, -0.05) is 13.8 Å². The molecule has 1 aliphatic carbocycles. The number of hydrogen-bond acceptors (Lipinski definition) is 3. The molecule has 0 aromatic heterocycles. The molecular formula is C13H25NO3. The number of carbonyl (C=O) groups is 1. The molecular weight excluding hydrogens is 218 g/mol. The SMILES string of the molecule is CC(OCC1CC1)C(=O)NC(CCO)C(C)C. The highest BCUT2D eigenvalue weighted by Gasteiger charge is 2.25. The quantitative estimate of drug-likeness (QED) is 0.676. The Morgan fingerprint density at radius 1 is 1.41 bits per heavy atom. The number of rotatable bonds is 8. The molecule has 0 heterocycles. The molecule has 4 heteroatoms. The fraction of sp³-hybridized carbons (Fsp3) is 0.923. The van der Waals surface area contributed by atoms with E-state index in [4.69, 9.17) is 9.84 Å². The Morgan fingerprint density at radius 3 is 2.53 bits per heavy atom. The van der Waals surface area contributed by atoms with Crippen molar-refractivity contribution in [2.75, 3.05) is 13.2 Å². The van der Waals surface area contributed by atoms with Crippen LogP contribution in [0.25, 0.3) is 0 Å². The Balaban J connectivity index is 2.28. The summed E-state index contributed by atoms with van der Waals surface area (Å²) in [5, 5.41) is 11.9. The van der Waals surface area contributed by atoms with Crippen LogP contribution in [0.3, 0.4) is 0 Å². The van der Waals surface area contributed by atoms with E-state index < -0.39 is 6.10 Å². The maximum atomic E-state index is 11.8.